The summed E-state index contributed by atoms with van der Waals surface area (Å²) in [6, 6.07) is 0. The van der Waals surface area contributed by atoms with Gasteiger partial charge in [0.2, 0.25) is 0 Å². The Labute approximate surface area is 122 Å². The number of hydrogen-bond acceptors (Lipinski definition) is 5. The second-order valence-electron chi connectivity index (χ2n) is 7.32. The van der Waals surface area contributed by atoms with Crippen molar-refractivity contribution in [1.82, 2.24) is 5.06 Å². The van der Waals surface area contributed by atoms with Crippen molar-refractivity contribution in [1.29, 1.82) is 0 Å². The van der Waals surface area contributed by atoms with Gasteiger partial charge in [-0.15, -0.1) is 0 Å². The van der Waals surface area contributed by atoms with Crippen LogP contribution in [0, 0.1) is 23.7 Å². The lowest BCUT2D eigenvalue weighted by molar-refractivity contribution is -0.192. The number of hydroxylamine groups is 2. The van der Waals surface area contributed by atoms with Crippen molar-refractivity contribution in [2.24, 2.45) is 23.7 Å². The predicted molar refractivity (Wildman–Crippen MR) is 68.7 cm³/mol. The van der Waals surface area contributed by atoms with Crippen molar-refractivity contribution >= 4 is 17.8 Å². The molecule has 1 N–H and O–H groups in total. The molecule has 5 aliphatic rings. The van der Waals surface area contributed by atoms with Gasteiger partial charge in [0.05, 0.1) is 6.42 Å². The lowest BCUT2D eigenvalue weighted by atomic mass is 9.54. The van der Waals surface area contributed by atoms with E-state index in [0.29, 0.717) is 17.8 Å². The molecule has 1 saturated heterocycles. The maximum atomic E-state index is 12.3. The number of nitrogens with zero attached hydrogens (tertiary/aromatic N) is 1. The molecule has 2 amide bonds. The van der Waals surface area contributed by atoms with E-state index < -0.39 is 29.3 Å². The van der Waals surface area contributed by atoms with E-state index in [0.717, 1.165) is 19.3 Å². The van der Waals surface area contributed by atoms with Crippen LogP contribution in [0.5, 0.6) is 0 Å². The third-order valence-corrected chi connectivity index (χ3v) is 5.71. The molecule has 21 heavy (non-hydrogen) atoms. The molecule has 0 aromatic rings. The average molecular weight is 293 g/mol. The van der Waals surface area contributed by atoms with E-state index in [1.165, 1.54) is 19.3 Å². The van der Waals surface area contributed by atoms with Crippen LogP contribution >= 0.6 is 0 Å². The summed E-state index contributed by atoms with van der Waals surface area (Å²) in [6.45, 7) is 0. The van der Waals surface area contributed by atoms with Gasteiger partial charge in [-0.2, -0.15) is 5.06 Å². The minimum absolute atomic E-state index is 0.0472. The molecular formula is C15H19NO5. The molecule has 1 aliphatic heterocycles. The van der Waals surface area contributed by atoms with Crippen LogP contribution in [0.1, 0.15) is 44.9 Å². The molecule has 0 aromatic carbocycles. The standard InChI is InChI=1S/C15H19NO5/c17-12-4-11(13(18)16(12)20)14(19)21-15-5-8-1-9(6-15)3-10(2-8)7-15/h8-11,20H,1-7H2. The number of amides is 2. The number of carbonyl (C=O) groups is 3. The van der Waals surface area contributed by atoms with E-state index in [9.17, 15) is 19.6 Å². The molecule has 4 bridgehead atoms. The number of carbonyl (C=O) groups excluding carboxylic acids is 3. The van der Waals surface area contributed by atoms with E-state index in [1.54, 1.807) is 0 Å². The monoisotopic (exact) mass is 293 g/mol. The highest BCUT2D eigenvalue weighted by molar-refractivity contribution is 6.11. The highest BCUT2D eigenvalue weighted by Crippen LogP contribution is 2.57. The first-order valence-electron chi connectivity index (χ1n) is 7.74. The summed E-state index contributed by atoms with van der Waals surface area (Å²) in [5.41, 5.74) is -0.419. The molecule has 5 fully saturated rings. The number of esters is 1. The van der Waals surface area contributed by atoms with Crippen LogP contribution in [0.4, 0.5) is 0 Å². The normalized spacial score (nSPS) is 44.5. The Kier molecular flexibility index (Phi) is 2.70. The molecule has 6 nitrogen and oxygen atoms in total. The van der Waals surface area contributed by atoms with Crippen LogP contribution in [0.15, 0.2) is 0 Å². The Morgan fingerprint density at radius 2 is 1.62 bits per heavy atom. The molecule has 0 aromatic heterocycles. The summed E-state index contributed by atoms with van der Waals surface area (Å²) in [4.78, 5) is 35.3. The maximum Gasteiger partial charge on any atom is 0.319 e. The third kappa shape index (κ3) is 1.99. The molecular weight excluding hydrogens is 274 g/mol. The van der Waals surface area contributed by atoms with Gasteiger partial charge in [0.25, 0.3) is 11.8 Å². The van der Waals surface area contributed by atoms with E-state index in [1.807, 2.05) is 0 Å². The Balaban J connectivity index is 1.50. The predicted octanol–water partition coefficient (Wildman–Crippen LogP) is 1.26. The molecule has 6 heteroatoms. The van der Waals surface area contributed by atoms with Crippen LogP contribution in [0.25, 0.3) is 0 Å². The van der Waals surface area contributed by atoms with Gasteiger partial charge in [-0.05, 0) is 56.3 Å². The van der Waals surface area contributed by atoms with Gasteiger partial charge in [-0.3, -0.25) is 19.6 Å². The van der Waals surface area contributed by atoms with Gasteiger partial charge < -0.3 is 4.74 Å². The Morgan fingerprint density at radius 3 is 2.05 bits per heavy atom. The number of hydrogen-bond donors (Lipinski definition) is 1. The van der Waals surface area contributed by atoms with Crippen LogP contribution < -0.4 is 0 Å². The van der Waals surface area contributed by atoms with E-state index in [2.05, 4.69) is 0 Å². The van der Waals surface area contributed by atoms with Crippen LogP contribution in [0.3, 0.4) is 0 Å². The van der Waals surface area contributed by atoms with Gasteiger partial charge in [0, 0.05) is 0 Å². The van der Waals surface area contributed by atoms with Gasteiger partial charge in [0.15, 0.2) is 0 Å². The first kappa shape index (κ1) is 13.2. The van der Waals surface area contributed by atoms with Crippen molar-refractivity contribution in [2.75, 3.05) is 0 Å². The van der Waals surface area contributed by atoms with Crippen molar-refractivity contribution in [3.8, 4) is 0 Å². The molecule has 1 heterocycles. The fraction of sp³-hybridized carbons (Fsp3) is 0.800. The van der Waals surface area contributed by atoms with Crippen molar-refractivity contribution in [2.45, 2.75) is 50.5 Å². The van der Waals surface area contributed by atoms with E-state index in [4.69, 9.17) is 4.74 Å². The lowest BCUT2D eigenvalue weighted by Crippen LogP contribution is -2.53. The average Bonchev–Trinajstić information content (AvgIpc) is 2.64. The summed E-state index contributed by atoms with van der Waals surface area (Å²) in [5.74, 6) is -1.46. The topological polar surface area (TPSA) is 83.9 Å². The summed E-state index contributed by atoms with van der Waals surface area (Å²) in [6.07, 6.45) is 6.11. The minimum Gasteiger partial charge on any atom is -0.458 e. The second kappa shape index (κ2) is 4.29. The highest BCUT2D eigenvalue weighted by atomic mass is 16.6. The van der Waals surface area contributed by atoms with Crippen LogP contribution in [-0.2, 0) is 19.1 Å². The molecule has 0 spiro atoms. The minimum atomic E-state index is -1.16. The van der Waals surface area contributed by atoms with Crippen molar-refractivity contribution < 1.29 is 24.3 Å². The van der Waals surface area contributed by atoms with E-state index in [-0.39, 0.29) is 11.5 Å². The maximum absolute atomic E-state index is 12.3. The van der Waals surface area contributed by atoms with Gasteiger partial charge in [-0.25, -0.2) is 0 Å². The van der Waals surface area contributed by atoms with Gasteiger partial charge in [0.1, 0.15) is 11.5 Å². The lowest BCUT2D eigenvalue weighted by Gasteiger charge is -2.55. The SMILES string of the molecule is O=C(OC12CC3CC(CC(C3)C1)C2)C1CC(=O)N(O)C1=O. The summed E-state index contributed by atoms with van der Waals surface area (Å²) < 4.78 is 5.75. The summed E-state index contributed by atoms with van der Waals surface area (Å²) >= 11 is 0. The fourth-order valence-corrected chi connectivity index (χ4v) is 5.24. The van der Waals surface area contributed by atoms with Crippen molar-refractivity contribution in [3.63, 3.8) is 0 Å². The molecule has 1 atom stereocenters. The molecule has 0 radical (unpaired) electrons. The molecule has 5 rings (SSSR count). The Hall–Kier alpha value is -1.43. The zero-order valence-corrected chi connectivity index (χ0v) is 11.8. The van der Waals surface area contributed by atoms with E-state index >= 15 is 0 Å². The zero-order chi connectivity index (χ0) is 14.8. The second-order valence-corrected chi connectivity index (χ2v) is 7.32. The van der Waals surface area contributed by atoms with Crippen LogP contribution in [0.2, 0.25) is 0 Å². The summed E-state index contributed by atoms with van der Waals surface area (Å²) in [7, 11) is 0. The van der Waals surface area contributed by atoms with Crippen molar-refractivity contribution in [3.05, 3.63) is 0 Å². The molecule has 4 saturated carbocycles. The van der Waals surface area contributed by atoms with Crippen LogP contribution in [-0.4, -0.2) is 33.7 Å². The molecule has 4 aliphatic carbocycles. The molecule has 1 unspecified atom stereocenters. The number of imide groups is 1. The fourth-order valence-electron chi connectivity index (χ4n) is 5.24. The summed E-state index contributed by atoms with van der Waals surface area (Å²) in [5, 5.41) is 9.29. The van der Waals surface area contributed by atoms with Gasteiger partial charge in [-0.1, -0.05) is 0 Å². The van der Waals surface area contributed by atoms with Gasteiger partial charge >= 0.3 is 5.97 Å². The Bertz CT molecular complexity index is 493. The third-order valence-electron chi connectivity index (χ3n) is 5.71. The molecule has 114 valence electrons. The zero-order valence-electron chi connectivity index (χ0n) is 11.8. The largest absolute Gasteiger partial charge is 0.458 e. The quantitative estimate of drug-likeness (QED) is 0.359. The number of rotatable bonds is 2. The number of ether oxygens (including phenoxy) is 1. The first-order chi connectivity index (χ1) is 9.96. The first-order valence-corrected chi connectivity index (χ1v) is 7.74. The highest BCUT2D eigenvalue weighted by Gasteiger charge is 2.54. The Morgan fingerprint density at radius 1 is 1.10 bits per heavy atom. The smallest absolute Gasteiger partial charge is 0.319 e.